The Morgan fingerprint density at radius 1 is 1.10 bits per heavy atom. The predicted molar refractivity (Wildman–Crippen MR) is 89.9 cm³/mol. The van der Waals surface area contributed by atoms with Gasteiger partial charge >= 0.3 is 0 Å². The number of benzene rings is 2. The molecule has 2 aromatic rings. The second kappa shape index (κ2) is 7.32. The molecule has 0 heterocycles. The first-order valence-corrected chi connectivity index (χ1v) is 8.07. The molecule has 0 fully saturated rings. The highest BCUT2D eigenvalue weighted by molar-refractivity contribution is 9.10. The van der Waals surface area contributed by atoms with Crippen LogP contribution in [0.1, 0.15) is 10.4 Å². The van der Waals surface area contributed by atoms with Crippen LogP contribution in [0.3, 0.4) is 0 Å². The zero-order valence-corrected chi connectivity index (χ0v) is 14.1. The van der Waals surface area contributed by atoms with E-state index in [1.165, 1.54) is 17.8 Å². The molecule has 0 aliphatic heterocycles. The van der Waals surface area contributed by atoms with E-state index >= 15 is 0 Å². The maximum Gasteiger partial charge on any atom is 0.186 e. The van der Waals surface area contributed by atoms with Gasteiger partial charge in [0.05, 0.1) is 5.02 Å². The molecule has 5 heteroatoms. The molecule has 2 aromatic carbocycles. The van der Waals surface area contributed by atoms with Crippen molar-refractivity contribution >= 4 is 56.7 Å². The van der Waals surface area contributed by atoms with Gasteiger partial charge in [0, 0.05) is 20.0 Å². The van der Waals surface area contributed by atoms with E-state index in [1.54, 1.807) is 29.7 Å². The van der Waals surface area contributed by atoms with Crippen LogP contribution in [0.4, 0.5) is 0 Å². The molecule has 2 rings (SSSR count). The average Bonchev–Trinajstić information content (AvgIpc) is 2.42. The summed E-state index contributed by atoms with van der Waals surface area (Å²) in [7, 11) is 0. The van der Waals surface area contributed by atoms with E-state index in [0.29, 0.717) is 15.6 Å². The molecule has 0 aliphatic carbocycles. The largest absolute Gasteiger partial charge is 0.289 e. The Bertz CT molecular complexity index is 653. The summed E-state index contributed by atoms with van der Waals surface area (Å²) in [6.45, 7) is 0. The molecule has 102 valence electrons. The molecule has 0 saturated heterocycles. The van der Waals surface area contributed by atoms with E-state index in [2.05, 4.69) is 15.9 Å². The van der Waals surface area contributed by atoms with Crippen LogP contribution in [-0.2, 0) is 0 Å². The van der Waals surface area contributed by atoms with Gasteiger partial charge in [0.2, 0.25) is 0 Å². The topological polar surface area (TPSA) is 17.1 Å². The van der Waals surface area contributed by atoms with Crippen LogP contribution in [0.25, 0.3) is 0 Å². The lowest BCUT2D eigenvalue weighted by Crippen LogP contribution is -1.92. The van der Waals surface area contributed by atoms with Crippen molar-refractivity contribution in [3.8, 4) is 0 Å². The summed E-state index contributed by atoms with van der Waals surface area (Å²) in [4.78, 5) is 12.8. The summed E-state index contributed by atoms with van der Waals surface area (Å²) >= 11 is 16.6. The second-order valence-electron chi connectivity index (χ2n) is 3.87. The third-order valence-corrected chi connectivity index (χ3v) is 4.51. The summed E-state index contributed by atoms with van der Waals surface area (Å²) in [5, 5.41) is 2.89. The van der Waals surface area contributed by atoms with E-state index in [4.69, 9.17) is 23.2 Å². The number of thioether (sulfide) groups is 1. The second-order valence-corrected chi connectivity index (χ2v) is 6.57. The van der Waals surface area contributed by atoms with Crippen molar-refractivity contribution < 1.29 is 4.79 Å². The molecule has 1 nitrogen and oxygen atoms in total. The van der Waals surface area contributed by atoms with E-state index < -0.39 is 0 Å². The third kappa shape index (κ3) is 4.38. The van der Waals surface area contributed by atoms with Crippen molar-refractivity contribution in [2.45, 2.75) is 4.90 Å². The Balaban J connectivity index is 2.02. The summed E-state index contributed by atoms with van der Waals surface area (Å²) in [6, 6.07) is 12.5. The highest BCUT2D eigenvalue weighted by atomic mass is 79.9. The first-order valence-electron chi connectivity index (χ1n) is 5.64. The molecule has 20 heavy (non-hydrogen) atoms. The van der Waals surface area contributed by atoms with Crippen molar-refractivity contribution in [3.05, 3.63) is 74.0 Å². The van der Waals surface area contributed by atoms with Crippen molar-refractivity contribution in [1.82, 2.24) is 0 Å². The Hall–Kier alpha value is -0.740. The van der Waals surface area contributed by atoms with Gasteiger partial charge in [-0.25, -0.2) is 0 Å². The number of ketones is 1. The Morgan fingerprint density at radius 3 is 2.45 bits per heavy atom. The monoisotopic (exact) mass is 386 g/mol. The van der Waals surface area contributed by atoms with Crippen LogP contribution in [0.5, 0.6) is 0 Å². The molecular weight excluding hydrogens is 379 g/mol. The molecule has 0 unspecified atom stereocenters. The Labute approximate surface area is 140 Å². The summed E-state index contributed by atoms with van der Waals surface area (Å²) in [6.07, 6.45) is 1.53. The van der Waals surface area contributed by atoms with Gasteiger partial charge in [0.1, 0.15) is 0 Å². The SMILES string of the molecule is O=C(/C=C/Sc1ccc(Cl)cc1Cl)c1ccc(Br)cc1. The van der Waals surface area contributed by atoms with Gasteiger partial charge in [-0.15, -0.1) is 0 Å². The van der Waals surface area contributed by atoms with Crippen LogP contribution in [0, 0.1) is 0 Å². The molecule has 0 aromatic heterocycles. The minimum atomic E-state index is -0.0462. The van der Waals surface area contributed by atoms with Gasteiger partial charge in [0.25, 0.3) is 0 Å². The summed E-state index contributed by atoms with van der Waals surface area (Å²) in [5.74, 6) is -0.0462. The van der Waals surface area contributed by atoms with Gasteiger partial charge < -0.3 is 0 Å². The van der Waals surface area contributed by atoms with Crippen molar-refractivity contribution in [3.63, 3.8) is 0 Å². The fourth-order valence-electron chi connectivity index (χ4n) is 1.45. The van der Waals surface area contributed by atoms with E-state index in [1.807, 2.05) is 18.2 Å². The minimum Gasteiger partial charge on any atom is -0.289 e. The molecule has 0 aliphatic rings. The number of hydrogen-bond acceptors (Lipinski definition) is 2. The number of carbonyl (C=O) groups is 1. The maximum atomic E-state index is 11.9. The molecular formula is C15H9BrCl2OS. The summed E-state index contributed by atoms with van der Waals surface area (Å²) < 4.78 is 0.945. The molecule has 0 saturated carbocycles. The number of allylic oxidation sites excluding steroid dienone is 1. The van der Waals surface area contributed by atoms with Gasteiger partial charge in [-0.3, -0.25) is 4.79 Å². The molecule has 0 amide bonds. The van der Waals surface area contributed by atoms with Crippen LogP contribution in [0.2, 0.25) is 10.0 Å². The lowest BCUT2D eigenvalue weighted by Gasteiger charge is -2.00. The molecule has 0 atom stereocenters. The fourth-order valence-corrected chi connectivity index (χ4v) is 2.91. The van der Waals surface area contributed by atoms with E-state index in [0.717, 1.165) is 9.37 Å². The molecule has 0 N–H and O–H groups in total. The molecule has 0 radical (unpaired) electrons. The van der Waals surface area contributed by atoms with Crippen molar-refractivity contribution in [2.75, 3.05) is 0 Å². The number of hydrogen-bond donors (Lipinski definition) is 0. The smallest absolute Gasteiger partial charge is 0.186 e. The molecule has 0 bridgehead atoms. The van der Waals surface area contributed by atoms with E-state index in [-0.39, 0.29) is 5.78 Å². The first-order chi connectivity index (χ1) is 9.56. The molecule has 0 spiro atoms. The van der Waals surface area contributed by atoms with Gasteiger partial charge in [0.15, 0.2) is 5.78 Å². The lowest BCUT2D eigenvalue weighted by molar-refractivity contribution is 0.104. The highest BCUT2D eigenvalue weighted by Gasteiger charge is 2.02. The highest BCUT2D eigenvalue weighted by Crippen LogP contribution is 2.30. The Morgan fingerprint density at radius 2 is 1.80 bits per heavy atom. The normalized spacial score (nSPS) is 10.9. The zero-order chi connectivity index (χ0) is 14.5. The standard InChI is InChI=1S/C15H9BrCl2OS/c16-11-3-1-10(2-4-11)14(19)7-8-20-15-6-5-12(17)9-13(15)18/h1-9H/b8-7+. The average molecular weight is 388 g/mol. The maximum absolute atomic E-state index is 11.9. The lowest BCUT2D eigenvalue weighted by atomic mass is 10.1. The Kier molecular flexibility index (Phi) is 5.73. The summed E-state index contributed by atoms with van der Waals surface area (Å²) in [5.41, 5.74) is 0.646. The number of halogens is 3. The van der Waals surface area contributed by atoms with Gasteiger partial charge in [-0.1, -0.05) is 50.9 Å². The first kappa shape index (κ1) is 15.6. The number of carbonyl (C=O) groups excluding carboxylic acids is 1. The van der Waals surface area contributed by atoms with Crippen molar-refractivity contribution in [1.29, 1.82) is 0 Å². The van der Waals surface area contributed by atoms with Crippen LogP contribution >= 0.6 is 50.9 Å². The van der Waals surface area contributed by atoms with E-state index in [9.17, 15) is 4.79 Å². The quantitative estimate of drug-likeness (QED) is 0.350. The van der Waals surface area contributed by atoms with Crippen molar-refractivity contribution in [2.24, 2.45) is 0 Å². The van der Waals surface area contributed by atoms with Crippen LogP contribution in [-0.4, -0.2) is 5.78 Å². The zero-order valence-electron chi connectivity index (χ0n) is 10.1. The minimum absolute atomic E-state index is 0.0462. The predicted octanol–water partition coefficient (Wildman–Crippen LogP) is 6.24. The van der Waals surface area contributed by atoms with Crippen LogP contribution < -0.4 is 0 Å². The van der Waals surface area contributed by atoms with Gasteiger partial charge in [-0.05, 0) is 53.9 Å². The third-order valence-electron chi connectivity index (χ3n) is 2.44. The number of rotatable bonds is 4. The van der Waals surface area contributed by atoms with Gasteiger partial charge in [-0.2, -0.15) is 0 Å². The fraction of sp³-hybridized carbons (Fsp3) is 0. The van der Waals surface area contributed by atoms with Crippen LogP contribution in [0.15, 0.2) is 63.3 Å².